The van der Waals surface area contributed by atoms with Crippen molar-refractivity contribution in [3.05, 3.63) is 66.4 Å². The van der Waals surface area contributed by atoms with Crippen molar-refractivity contribution in [2.45, 2.75) is 12.8 Å². The molecule has 0 radical (unpaired) electrons. The maximum absolute atomic E-state index is 12.5. The van der Waals surface area contributed by atoms with Gasteiger partial charge < -0.3 is 20.4 Å². The molecule has 3 aromatic rings. The van der Waals surface area contributed by atoms with E-state index in [2.05, 4.69) is 25.7 Å². The molecular formula is C23H26N6O. The Kier molecular flexibility index (Phi) is 5.79. The number of carbonyl (C=O) groups is 1. The fraction of sp³-hybridized carbons (Fsp3) is 0.261. The molecule has 30 heavy (non-hydrogen) atoms. The van der Waals surface area contributed by atoms with E-state index < -0.39 is 0 Å². The van der Waals surface area contributed by atoms with Crippen molar-refractivity contribution in [3.63, 3.8) is 0 Å². The second-order valence-electron chi connectivity index (χ2n) is 7.59. The first-order chi connectivity index (χ1) is 14.6. The summed E-state index contributed by atoms with van der Waals surface area (Å²) in [6.45, 7) is 2.13. The first kappa shape index (κ1) is 19.7. The summed E-state index contributed by atoms with van der Waals surface area (Å²) < 4.78 is 0. The SMILES string of the molecule is CN(C)c1ccc(C(=O)Nc2ccc(Nc3cc(N4CCCC4)cnn3)cc2)cc1. The minimum atomic E-state index is -0.134. The van der Waals surface area contributed by atoms with Crippen molar-refractivity contribution >= 4 is 34.5 Å². The summed E-state index contributed by atoms with van der Waals surface area (Å²) in [7, 11) is 3.94. The van der Waals surface area contributed by atoms with Gasteiger partial charge in [0.15, 0.2) is 5.82 Å². The molecule has 1 amide bonds. The number of rotatable bonds is 6. The van der Waals surface area contributed by atoms with E-state index in [0.29, 0.717) is 11.4 Å². The lowest BCUT2D eigenvalue weighted by atomic mass is 10.2. The molecule has 0 aliphatic carbocycles. The average Bonchev–Trinajstić information content (AvgIpc) is 3.30. The van der Waals surface area contributed by atoms with E-state index in [4.69, 9.17) is 0 Å². The van der Waals surface area contributed by atoms with Gasteiger partial charge in [-0.05, 0) is 61.4 Å². The second kappa shape index (κ2) is 8.82. The van der Waals surface area contributed by atoms with Gasteiger partial charge in [-0.3, -0.25) is 4.79 Å². The van der Waals surface area contributed by atoms with E-state index in [0.717, 1.165) is 35.8 Å². The molecule has 1 aromatic heterocycles. The zero-order chi connectivity index (χ0) is 20.9. The van der Waals surface area contributed by atoms with Crippen LogP contribution in [0.5, 0.6) is 0 Å². The Morgan fingerprint density at radius 3 is 2.30 bits per heavy atom. The molecule has 2 aromatic carbocycles. The summed E-state index contributed by atoms with van der Waals surface area (Å²) in [6, 6.07) is 17.1. The van der Waals surface area contributed by atoms with E-state index in [9.17, 15) is 4.79 Å². The predicted molar refractivity (Wildman–Crippen MR) is 122 cm³/mol. The van der Waals surface area contributed by atoms with Gasteiger partial charge in [-0.1, -0.05) is 0 Å². The molecule has 7 nitrogen and oxygen atoms in total. The van der Waals surface area contributed by atoms with Crippen LogP contribution in [0.4, 0.5) is 28.6 Å². The molecule has 2 heterocycles. The van der Waals surface area contributed by atoms with Crippen LogP contribution in [0.25, 0.3) is 0 Å². The molecule has 2 N–H and O–H groups in total. The average molecular weight is 403 g/mol. The Morgan fingerprint density at radius 2 is 1.63 bits per heavy atom. The van der Waals surface area contributed by atoms with Crippen molar-refractivity contribution in [1.29, 1.82) is 0 Å². The second-order valence-corrected chi connectivity index (χ2v) is 7.59. The van der Waals surface area contributed by atoms with Crippen molar-refractivity contribution < 1.29 is 4.79 Å². The largest absolute Gasteiger partial charge is 0.378 e. The van der Waals surface area contributed by atoms with E-state index >= 15 is 0 Å². The fourth-order valence-electron chi connectivity index (χ4n) is 3.46. The Bertz CT molecular complexity index is 995. The zero-order valence-electron chi connectivity index (χ0n) is 17.3. The summed E-state index contributed by atoms with van der Waals surface area (Å²) in [4.78, 5) is 16.8. The number of amides is 1. The highest BCUT2D eigenvalue weighted by Gasteiger charge is 2.13. The Hall–Kier alpha value is -3.61. The van der Waals surface area contributed by atoms with Crippen LogP contribution in [-0.4, -0.2) is 43.3 Å². The summed E-state index contributed by atoms with van der Waals surface area (Å²) in [5.41, 5.74) is 4.39. The number of hydrogen-bond donors (Lipinski definition) is 2. The normalized spacial score (nSPS) is 13.2. The summed E-state index contributed by atoms with van der Waals surface area (Å²) in [5.74, 6) is 0.572. The lowest BCUT2D eigenvalue weighted by Gasteiger charge is -2.17. The van der Waals surface area contributed by atoms with Crippen LogP contribution in [0.15, 0.2) is 60.8 Å². The third-order valence-corrected chi connectivity index (χ3v) is 5.17. The molecule has 0 unspecified atom stereocenters. The minimum Gasteiger partial charge on any atom is -0.378 e. The molecule has 7 heteroatoms. The van der Waals surface area contributed by atoms with E-state index in [-0.39, 0.29) is 5.91 Å². The Balaban J connectivity index is 1.38. The predicted octanol–water partition coefficient (Wildman–Crippen LogP) is 4.14. The number of nitrogens with zero attached hydrogens (tertiary/aromatic N) is 4. The van der Waals surface area contributed by atoms with Gasteiger partial charge in [0, 0.05) is 55.9 Å². The quantitative estimate of drug-likeness (QED) is 0.646. The monoisotopic (exact) mass is 402 g/mol. The molecule has 0 saturated carbocycles. The number of anilines is 5. The molecule has 0 bridgehead atoms. The highest BCUT2D eigenvalue weighted by Crippen LogP contribution is 2.23. The third-order valence-electron chi connectivity index (χ3n) is 5.17. The molecule has 154 valence electrons. The van der Waals surface area contributed by atoms with Crippen LogP contribution in [0.2, 0.25) is 0 Å². The van der Waals surface area contributed by atoms with Gasteiger partial charge in [0.1, 0.15) is 0 Å². The molecule has 0 spiro atoms. The van der Waals surface area contributed by atoms with Gasteiger partial charge in [0.25, 0.3) is 5.91 Å². The number of carbonyl (C=O) groups excluding carboxylic acids is 1. The number of benzene rings is 2. The lowest BCUT2D eigenvalue weighted by molar-refractivity contribution is 0.102. The Morgan fingerprint density at radius 1 is 0.967 bits per heavy atom. The summed E-state index contributed by atoms with van der Waals surface area (Å²) in [5, 5.41) is 14.5. The van der Waals surface area contributed by atoms with Gasteiger partial charge >= 0.3 is 0 Å². The third kappa shape index (κ3) is 4.68. The van der Waals surface area contributed by atoms with Gasteiger partial charge in [0.05, 0.1) is 11.9 Å². The van der Waals surface area contributed by atoms with Crippen molar-refractivity contribution in [2.24, 2.45) is 0 Å². The smallest absolute Gasteiger partial charge is 0.255 e. The molecule has 1 saturated heterocycles. The number of aromatic nitrogens is 2. The topological polar surface area (TPSA) is 73.4 Å². The first-order valence-electron chi connectivity index (χ1n) is 10.1. The van der Waals surface area contributed by atoms with Crippen molar-refractivity contribution in [2.75, 3.05) is 47.6 Å². The number of nitrogens with one attached hydrogen (secondary N) is 2. The first-order valence-corrected chi connectivity index (χ1v) is 10.1. The maximum atomic E-state index is 12.5. The highest BCUT2D eigenvalue weighted by molar-refractivity contribution is 6.04. The van der Waals surface area contributed by atoms with E-state index in [1.165, 1.54) is 12.8 Å². The van der Waals surface area contributed by atoms with Crippen LogP contribution in [0.1, 0.15) is 23.2 Å². The maximum Gasteiger partial charge on any atom is 0.255 e. The molecule has 1 aliphatic heterocycles. The van der Waals surface area contributed by atoms with E-state index in [1.807, 2.05) is 73.6 Å². The summed E-state index contributed by atoms with van der Waals surface area (Å²) in [6.07, 6.45) is 4.25. The highest BCUT2D eigenvalue weighted by atomic mass is 16.1. The van der Waals surface area contributed by atoms with Crippen LogP contribution < -0.4 is 20.4 Å². The standard InChI is InChI=1S/C23H26N6O/c1-28(2)20-11-5-17(6-12-20)23(30)26-19-9-7-18(8-10-19)25-22-15-21(16-24-27-22)29-13-3-4-14-29/h5-12,15-16H,3-4,13-14H2,1-2H3,(H,25,27)(H,26,30). The molecule has 0 atom stereocenters. The summed E-state index contributed by atoms with van der Waals surface area (Å²) >= 11 is 0. The van der Waals surface area contributed by atoms with Gasteiger partial charge in [0.2, 0.25) is 0 Å². The minimum absolute atomic E-state index is 0.134. The van der Waals surface area contributed by atoms with Gasteiger partial charge in [-0.25, -0.2) is 0 Å². The van der Waals surface area contributed by atoms with Crippen LogP contribution >= 0.6 is 0 Å². The fourth-order valence-corrected chi connectivity index (χ4v) is 3.46. The van der Waals surface area contributed by atoms with Crippen LogP contribution in [-0.2, 0) is 0 Å². The number of hydrogen-bond acceptors (Lipinski definition) is 6. The molecule has 1 aliphatic rings. The zero-order valence-corrected chi connectivity index (χ0v) is 17.3. The molecule has 4 rings (SSSR count). The van der Waals surface area contributed by atoms with Gasteiger partial charge in [-0.15, -0.1) is 5.10 Å². The molecule has 1 fully saturated rings. The van der Waals surface area contributed by atoms with Crippen molar-refractivity contribution in [1.82, 2.24) is 10.2 Å². The van der Waals surface area contributed by atoms with Crippen molar-refractivity contribution in [3.8, 4) is 0 Å². The van der Waals surface area contributed by atoms with E-state index in [1.54, 1.807) is 6.20 Å². The molecular weight excluding hydrogens is 376 g/mol. The van der Waals surface area contributed by atoms with Gasteiger partial charge in [-0.2, -0.15) is 5.10 Å². The Labute approximate surface area is 176 Å². The van der Waals surface area contributed by atoms with Crippen LogP contribution in [0.3, 0.4) is 0 Å². The lowest BCUT2D eigenvalue weighted by Crippen LogP contribution is -2.18. The van der Waals surface area contributed by atoms with Crippen LogP contribution in [0, 0.1) is 0 Å².